The molecule has 0 spiro atoms. The van der Waals surface area contributed by atoms with Gasteiger partial charge in [0.1, 0.15) is 29.0 Å². The van der Waals surface area contributed by atoms with Crippen molar-refractivity contribution in [3.05, 3.63) is 45.9 Å². The van der Waals surface area contributed by atoms with E-state index in [1.54, 1.807) is 5.38 Å². The third-order valence-electron chi connectivity index (χ3n) is 2.00. The van der Waals surface area contributed by atoms with Crippen LogP contribution in [-0.4, -0.2) is 4.98 Å². The van der Waals surface area contributed by atoms with Gasteiger partial charge in [-0.2, -0.15) is 0 Å². The lowest BCUT2D eigenvalue weighted by atomic mass is 10.3. The summed E-state index contributed by atoms with van der Waals surface area (Å²) in [7, 11) is 0. The highest BCUT2D eigenvalue weighted by molar-refractivity contribution is 7.09. The van der Waals surface area contributed by atoms with Crippen molar-refractivity contribution in [2.45, 2.75) is 13.2 Å². The Bertz CT molecular complexity index is 496. The van der Waals surface area contributed by atoms with Gasteiger partial charge in [0.2, 0.25) is 0 Å². The topological polar surface area (TPSA) is 48.1 Å². The summed E-state index contributed by atoms with van der Waals surface area (Å²) in [5.41, 5.74) is 6.11. The number of hydrogen-bond acceptors (Lipinski definition) is 4. The van der Waals surface area contributed by atoms with E-state index in [2.05, 4.69) is 4.98 Å². The van der Waals surface area contributed by atoms with E-state index < -0.39 is 11.6 Å². The Labute approximate surface area is 101 Å². The van der Waals surface area contributed by atoms with E-state index in [0.717, 1.165) is 23.2 Å². The summed E-state index contributed by atoms with van der Waals surface area (Å²) < 4.78 is 31.0. The Morgan fingerprint density at radius 1 is 1.24 bits per heavy atom. The van der Waals surface area contributed by atoms with Crippen molar-refractivity contribution in [1.29, 1.82) is 0 Å². The van der Waals surface area contributed by atoms with Gasteiger partial charge in [0.25, 0.3) is 0 Å². The first kappa shape index (κ1) is 11.9. The number of rotatable bonds is 4. The normalized spacial score (nSPS) is 10.5. The first-order valence-electron chi connectivity index (χ1n) is 4.89. The maximum atomic E-state index is 12.9. The van der Waals surface area contributed by atoms with Crippen LogP contribution >= 0.6 is 11.3 Å². The third kappa shape index (κ3) is 3.21. The molecule has 0 fully saturated rings. The zero-order valence-corrected chi connectivity index (χ0v) is 9.64. The molecule has 0 aliphatic heterocycles. The van der Waals surface area contributed by atoms with Crippen molar-refractivity contribution < 1.29 is 13.5 Å². The number of benzene rings is 1. The van der Waals surface area contributed by atoms with Crippen LogP contribution in [0, 0.1) is 11.6 Å². The standard InChI is InChI=1S/C11H10F2N2OS/c12-7-1-8(13)3-10(2-7)16-5-9-6-17-11(4-14)15-9/h1-3,6H,4-5,14H2. The average molecular weight is 256 g/mol. The van der Waals surface area contributed by atoms with Crippen LogP contribution in [-0.2, 0) is 13.2 Å². The van der Waals surface area contributed by atoms with Gasteiger partial charge in [0.05, 0.1) is 5.69 Å². The number of halogens is 2. The highest BCUT2D eigenvalue weighted by atomic mass is 32.1. The van der Waals surface area contributed by atoms with Crippen LogP contribution in [0.5, 0.6) is 5.75 Å². The zero-order valence-electron chi connectivity index (χ0n) is 8.82. The van der Waals surface area contributed by atoms with Crippen molar-refractivity contribution in [2.24, 2.45) is 5.73 Å². The summed E-state index contributed by atoms with van der Waals surface area (Å²) >= 11 is 1.43. The quantitative estimate of drug-likeness (QED) is 0.914. The van der Waals surface area contributed by atoms with Crippen molar-refractivity contribution in [3.63, 3.8) is 0 Å². The fraction of sp³-hybridized carbons (Fsp3) is 0.182. The molecule has 1 aromatic heterocycles. The Morgan fingerprint density at radius 2 is 1.94 bits per heavy atom. The minimum absolute atomic E-state index is 0.143. The predicted molar refractivity (Wildman–Crippen MR) is 60.7 cm³/mol. The van der Waals surface area contributed by atoms with Gasteiger partial charge in [0, 0.05) is 30.1 Å². The van der Waals surface area contributed by atoms with Gasteiger partial charge >= 0.3 is 0 Å². The van der Waals surface area contributed by atoms with Gasteiger partial charge in [-0.15, -0.1) is 11.3 Å². The molecule has 2 N–H and O–H groups in total. The molecule has 0 saturated carbocycles. The second-order valence-corrected chi connectivity index (χ2v) is 4.27. The summed E-state index contributed by atoms with van der Waals surface area (Å²) in [6.07, 6.45) is 0. The SMILES string of the molecule is NCc1nc(COc2cc(F)cc(F)c2)cs1. The van der Waals surface area contributed by atoms with E-state index in [0.29, 0.717) is 12.2 Å². The maximum Gasteiger partial charge on any atom is 0.131 e. The predicted octanol–water partition coefficient (Wildman–Crippen LogP) is 2.46. The molecule has 0 saturated heterocycles. The number of hydrogen-bond donors (Lipinski definition) is 1. The third-order valence-corrected chi connectivity index (χ3v) is 2.92. The molecule has 3 nitrogen and oxygen atoms in total. The van der Waals surface area contributed by atoms with Crippen molar-refractivity contribution >= 4 is 11.3 Å². The number of thiazole rings is 1. The summed E-state index contributed by atoms with van der Waals surface area (Å²) in [4.78, 5) is 4.17. The summed E-state index contributed by atoms with van der Waals surface area (Å²) in [6, 6.07) is 3.04. The van der Waals surface area contributed by atoms with Crippen LogP contribution in [0.3, 0.4) is 0 Å². The second kappa shape index (κ2) is 5.20. The molecule has 2 rings (SSSR count). The fourth-order valence-corrected chi connectivity index (χ4v) is 1.94. The number of aromatic nitrogens is 1. The Balaban J connectivity index is 2.01. The van der Waals surface area contributed by atoms with Crippen molar-refractivity contribution in [1.82, 2.24) is 4.98 Å². The lowest BCUT2D eigenvalue weighted by Gasteiger charge is -2.04. The molecule has 0 radical (unpaired) electrons. The number of ether oxygens (including phenoxy) is 1. The molecule has 1 heterocycles. The molecule has 0 amide bonds. The van der Waals surface area contributed by atoms with Gasteiger partial charge in [-0.25, -0.2) is 13.8 Å². The molecule has 0 unspecified atom stereocenters. The molecule has 17 heavy (non-hydrogen) atoms. The van der Waals surface area contributed by atoms with Crippen LogP contribution in [0.15, 0.2) is 23.6 Å². The lowest BCUT2D eigenvalue weighted by Crippen LogP contribution is -1.99. The highest BCUT2D eigenvalue weighted by Crippen LogP contribution is 2.17. The highest BCUT2D eigenvalue weighted by Gasteiger charge is 2.04. The Morgan fingerprint density at radius 3 is 2.53 bits per heavy atom. The molecule has 0 atom stereocenters. The average Bonchev–Trinajstić information content (AvgIpc) is 2.73. The van der Waals surface area contributed by atoms with E-state index in [4.69, 9.17) is 10.5 Å². The summed E-state index contributed by atoms with van der Waals surface area (Å²) in [5, 5.41) is 2.60. The molecule has 6 heteroatoms. The minimum atomic E-state index is -0.666. The summed E-state index contributed by atoms with van der Waals surface area (Å²) in [6.45, 7) is 0.540. The number of nitrogens with zero attached hydrogens (tertiary/aromatic N) is 1. The smallest absolute Gasteiger partial charge is 0.131 e. The molecule has 0 aliphatic carbocycles. The van der Waals surface area contributed by atoms with E-state index >= 15 is 0 Å². The van der Waals surface area contributed by atoms with Crippen LogP contribution in [0.1, 0.15) is 10.7 Å². The lowest BCUT2D eigenvalue weighted by molar-refractivity contribution is 0.298. The Hall–Kier alpha value is -1.53. The first-order valence-corrected chi connectivity index (χ1v) is 5.77. The van der Waals surface area contributed by atoms with Crippen LogP contribution in [0.2, 0.25) is 0 Å². The molecular weight excluding hydrogens is 246 g/mol. The largest absolute Gasteiger partial charge is 0.487 e. The molecule has 0 bridgehead atoms. The van der Waals surface area contributed by atoms with Gasteiger partial charge in [0.15, 0.2) is 0 Å². The van der Waals surface area contributed by atoms with Crippen LogP contribution in [0.25, 0.3) is 0 Å². The van der Waals surface area contributed by atoms with Crippen LogP contribution in [0.4, 0.5) is 8.78 Å². The van der Waals surface area contributed by atoms with E-state index in [1.165, 1.54) is 11.3 Å². The second-order valence-electron chi connectivity index (χ2n) is 3.33. The van der Waals surface area contributed by atoms with E-state index in [-0.39, 0.29) is 12.4 Å². The van der Waals surface area contributed by atoms with Gasteiger partial charge in [-0.05, 0) is 0 Å². The van der Waals surface area contributed by atoms with E-state index in [1.807, 2.05) is 0 Å². The van der Waals surface area contributed by atoms with Gasteiger partial charge in [-0.1, -0.05) is 0 Å². The Kier molecular flexibility index (Phi) is 3.65. The van der Waals surface area contributed by atoms with Crippen molar-refractivity contribution in [2.75, 3.05) is 0 Å². The maximum absolute atomic E-state index is 12.9. The summed E-state index contributed by atoms with van der Waals surface area (Å²) in [5.74, 6) is -1.19. The first-order chi connectivity index (χ1) is 8.17. The van der Waals surface area contributed by atoms with Gasteiger partial charge in [-0.3, -0.25) is 0 Å². The van der Waals surface area contributed by atoms with Gasteiger partial charge < -0.3 is 10.5 Å². The molecular formula is C11H10F2N2OS. The molecule has 0 aliphatic rings. The monoisotopic (exact) mass is 256 g/mol. The fourth-order valence-electron chi connectivity index (χ4n) is 1.28. The molecule has 1 aromatic carbocycles. The zero-order chi connectivity index (χ0) is 12.3. The van der Waals surface area contributed by atoms with E-state index in [9.17, 15) is 8.78 Å². The molecule has 2 aromatic rings. The minimum Gasteiger partial charge on any atom is -0.487 e. The number of nitrogens with two attached hydrogens (primary N) is 1. The van der Waals surface area contributed by atoms with Crippen LogP contribution < -0.4 is 10.5 Å². The molecule has 90 valence electrons. The van der Waals surface area contributed by atoms with Crippen molar-refractivity contribution in [3.8, 4) is 5.75 Å².